The van der Waals surface area contributed by atoms with Crippen LogP contribution in [0.5, 0.6) is 0 Å². The van der Waals surface area contributed by atoms with Gasteiger partial charge in [-0.3, -0.25) is 14.4 Å². The van der Waals surface area contributed by atoms with Crippen molar-refractivity contribution in [3.63, 3.8) is 0 Å². The number of carboxylic acid groups (broad SMARTS) is 1. The Morgan fingerprint density at radius 1 is 0.780 bits per heavy atom. The van der Waals surface area contributed by atoms with E-state index in [1.165, 1.54) is 51.7 Å². The van der Waals surface area contributed by atoms with Gasteiger partial charge in [-0.05, 0) is 61.3 Å². The highest BCUT2D eigenvalue weighted by atomic mass is 16.5. The summed E-state index contributed by atoms with van der Waals surface area (Å²) in [5.41, 5.74) is 2.87. The highest BCUT2D eigenvalue weighted by Crippen LogP contribution is 2.44. The zero-order chi connectivity index (χ0) is 37.7. The average molecular weight is 695 g/mol. The van der Waals surface area contributed by atoms with E-state index in [9.17, 15) is 34.2 Å². The van der Waals surface area contributed by atoms with Crippen molar-refractivity contribution < 1.29 is 38.9 Å². The zero-order valence-electron chi connectivity index (χ0n) is 31.0. The van der Waals surface area contributed by atoms with E-state index in [2.05, 4.69) is 5.32 Å². The number of likely N-dealkylation sites (N-methyl/N-ethyl adjacent to an activating group) is 3. The largest absolute Gasteiger partial charge is 0.480 e. The molecule has 3 rings (SSSR count). The Balaban J connectivity index is 1.77. The summed E-state index contributed by atoms with van der Waals surface area (Å²) in [7, 11) is 4.26. The van der Waals surface area contributed by atoms with Crippen molar-refractivity contribution >= 4 is 29.8 Å². The van der Waals surface area contributed by atoms with Crippen LogP contribution in [0.15, 0.2) is 48.5 Å². The molecule has 12 heteroatoms. The molecule has 4 amide bonds. The molecule has 0 heterocycles. The molecule has 0 saturated carbocycles. The summed E-state index contributed by atoms with van der Waals surface area (Å²) >= 11 is 0. The number of carbonyl (C=O) groups is 5. The van der Waals surface area contributed by atoms with Gasteiger partial charge in [-0.2, -0.15) is 0 Å². The van der Waals surface area contributed by atoms with Crippen LogP contribution in [0.1, 0.15) is 78.4 Å². The number of benzene rings is 2. The Kier molecular flexibility index (Phi) is 13.2. The van der Waals surface area contributed by atoms with Crippen LogP contribution in [0, 0.1) is 11.8 Å². The maximum atomic E-state index is 14.2. The van der Waals surface area contributed by atoms with Crippen LogP contribution < -0.4 is 5.32 Å². The zero-order valence-corrected chi connectivity index (χ0v) is 31.0. The van der Waals surface area contributed by atoms with Crippen molar-refractivity contribution in [2.45, 2.75) is 97.0 Å². The van der Waals surface area contributed by atoms with E-state index >= 15 is 0 Å². The molecule has 0 saturated heterocycles. The highest BCUT2D eigenvalue weighted by molar-refractivity contribution is 5.94. The van der Waals surface area contributed by atoms with E-state index in [-0.39, 0.29) is 37.2 Å². The molecule has 0 fully saturated rings. The molecule has 2 aromatic carbocycles. The average Bonchev–Trinajstić information content (AvgIpc) is 3.36. The summed E-state index contributed by atoms with van der Waals surface area (Å²) in [6, 6.07) is 11.4. The normalized spacial score (nSPS) is 15.0. The topological polar surface area (TPSA) is 157 Å². The number of aliphatic carboxylic acids is 1. The number of nitrogens with one attached hydrogen (secondary N) is 1. The molecule has 0 aromatic heterocycles. The lowest BCUT2D eigenvalue weighted by molar-refractivity contribution is -0.157. The van der Waals surface area contributed by atoms with E-state index in [1.807, 2.05) is 62.4 Å². The van der Waals surface area contributed by atoms with Gasteiger partial charge in [0.1, 0.15) is 30.8 Å². The van der Waals surface area contributed by atoms with Crippen LogP contribution in [0.25, 0.3) is 11.1 Å². The molecule has 0 spiro atoms. The number of carbonyl (C=O) groups excluding carboxylic acids is 4. The van der Waals surface area contributed by atoms with Gasteiger partial charge < -0.3 is 35.0 Å². The maximum absolute atomic E-state index is 14.2. The summed E-state index contributed by atoms with van der Waals surface area (Å²) in [5.74, 6) is -3.52. The monoisotopic (exact) mass is 694 g/mol. The Morgan fingerprint density at radius 2 is 1.26 bits per heavy atom. The molecule has 50 heavy (non-hydrogen) atoms. The summed E-state index contributed by atoms with van der Waals surface area (Å²) in [4.78, 5) is 70.2. The van der Waals surface area contributed by atoms with Crippen LogP contribution in [0.2, 0.25) is 0 Å². The number of aliphatic hydroxyl groups is 1. The third kappa shape index (κ3) is 9.41. The van der Waals surface area contributed by atoms with Crippen molar-refractivity contribution in [1.29, 1.82) is 0 Å². The standard InChI is InChI=1S/C38H54N4O8/c1-22(2)19-30(34(44)42(10)32(23(3)4)36(46)47)40(8)35(45)31(20-38(6,7)49)41(9)33(43)24(5)39-37(48)50-21-29-27-17-13-11-15-25(27)26-16-12-14-18-28(26)29/h11-18,22-24,29-32,49H,19-21H2,1-10H3,(H,39,48)(H,46,47)/t24-,30+,31+,32+/m1/s1. The van der Waals surface area contributed by atoms with Crippen molar-refractivity contribution in [2.24, 2.45) is 11.8 Å². The van der Waals surface area contributed by atoms with E-state index < -0.39 is 59.6 Å². The van der Waals surface area contributed by atoms with Crippen LogP contribution >= 0.6 is 0 Å². The Morgan fingerprint density at radius 3 is 1.72 bits per heavy atom. The van der Waals surface area contributed by atoms with Crippen LogP contribution in [-0.4, -0.2) is 112 Å². The van der Waals surface area contributed by atoms with Crippen molar-refractivity contribution in [1.82, 2.24) is 20.0 Å². The Labute approximate surface area is 295 Å². The Hall–Kier alpha value is -4.45. The van der Waals surface area contributed by atoms with Gasteiger partial charge in [0, 0.05) is 33.5 Å². The SMILES string of the molecule is CC(C)C[C@@H](C(=O)N(C)[C@H](C(=O)O)C(C)C)N(C)C(=O)[C@H](CC(C)(C)O)N(C)C(=O)[C@@H](C)NC(=O)OCC1c2ccccc2-c2ccccc21. The summed E-state index contributed by atoms with van der Waals surface area (Å²) < 4.78 is 5.62. The molecule has 4 atom stereocenters. The van der Waals surface area contributed by atoms with Gasteiger partial charge in [0.25, 0.3) is 0 Å². The molecule has 1 aliphatic carbocycles. The first-order chi connectivity index (χ1) is 23.3. The highest BCUT2D eigenvalue weighted by Gasteiger charge is 2.41. The third-order valence-corrected chi connectivity index (χ3v) is 9.29. The minimum absolute atomic E-state index is 0.0385. The van der Waals surface area contributed by atoms with E-state index in [0.29, 0.717) is 0 Å². The fraction of sp³-hybridized carbons (Fsp3) is 0.553. The molecule has 274 valence electrons. The number of amides is 4. The number of fused-ring (bicyclic) bond motifs is 3. The first kappa shape index (κ1) is 40.0. The second-order valence-corrected chi connectivity index (χ2v) is 14.7. The van der Waals surface area contributed by atoms with Gasteiger partial charge in [-0.15, -0.1) is 0 Å². The lowest BCUT2D eigenvalue weighted by atomic mass is 9.94. The molecular formula is C38H54N4O8. The predicted octanol–water partition coefficient (Wildman–Crippen LogP) is 4.34. The van der Waals surface area contributed by atoms with Gasteiger partial charge in [-0.25, -0.2) is 9.59 Å². The number of nitrogens with zero attached hydrogens (tertiary/aromatic N) is 3. The fourth-order valence-corrected chi connectivity index (χ4v) is 6.73. The number of rotatable bonds is 15. The van der Waals surface area contributed by atoms with Crippen molar-refractivity contribution in [2.75, 3.05) is 27.7 Å². The lowest BCUT2D eigenvalue weighted by Crippen LogP contribution is -2.59. The summed E-state index contributed by atoms with van der Waals surface area (Å²) in [6.45, 7) is 11.7. The number of hydrogen-bond acceptors (Lipinski definition) is 7. The number of alkyl carbamates (subject to hydrolysis) is 1. The molecule has 12 nitrogen and oxygen atoms in total. The van der Waals surface area contributed by atoms with Gasteiger partial charge in [0.2, 0.25) is 17.7 Å². The molecule has 0 aliphatic heterocycles. The summed E-state index contributed by atoms with van der Waals surface area (Å²) in [5, 5.41) is 23.2. The molecule has 0 bridgehead atoms. The quantitative estimate of drug-likeness (QED) is 0.249. The minimum Gasteiger partial charge on any atom is -0.480 e. The minimum atomic E-state index is -1.39. The smallest absolute Gasteiger partial charge is 0.407 e. The first-order valence-corrected chi connectivity index (χ1v) is 17.1. The molecule has 0 unspecified atom stereocenters. The van der Waals surface area contributed by atoms with Crippen LogP contribution in [-0.2, 0) is 23.9 Å². The molecular weight excluding hydrogens is 640 g/mol. The van der Waals surface area contributed by atoms with E-state index in [0.717, 1.165) is 27.2 Å². The van der Waals surface area contributed by atoms with Crippen molar-refractivity contribution in [3.8, 4) is 11.1 Å². The number of carboxylic acids is 1. The van der Waals surface area contributed by atoms with Crippen molar-refractivity contribution in [3.05, 3.63) is 59.7 Å². The first-order valence-electron chi connectivity index (χ1n) is 17.1. The lowest BCUT2D eigenvalue weighted by Gasteiger charge is -2.39. The summed E-state index contributed by atoms with van der Waals surface area (Å²) in [6.07, 6.45) is -0.729. The van der Waals surface area contributed by atoms with Gasteiger partial charge in [0.05, 0.1) is 5.60 Å². The molecule has 1 aliphatic rings. The van der Waals surface area contributed by atoms with Gasteiger partial charge in [0.15, 0.2) is 0 Å². The predicted molar refractivity (Wildman–Crippen MR) is 190 cm³/mol. The van der Waals surface area contributed by atoms with Crippen LogP contribution in [0.4, 0.5) is 4.79 Å². The fourth-order valence-electron chi connectivity index (χ4n) is 6.73. The van der Waals surface area contributed by atoms with Crippen LogP contribution in [0.3, 0.4) is 0 Å². The van der Waals surface area contributed by atoms with E-state index in [1.54, 1.807) is 13.8 Å². The molecule has 3 N–H and O–H groups in total. The molecule has 0 radical (unpaired) electrons. The third-order valence-electron chi connectivity index (χ3n) is 9.29. The Bertz CT molecular complexity index is 1510. The second-order valence-electron chi connectivity index (χ2n) is 14.7. The van der Waals surface area contributed by atoms with Gasteiger partial charge >= 0.3 is 12.1 Å². The van der Waals surface area contributed by atoms with E-state index in [4.69, 9.17) is 4.74 Å². The molecule has 2 aromatic rings. The number of ether oxygens (including phenoxy) is 1. The van der Waals surface area contributed by atoms with Gasteiger partial charge in [-0.1, -0.05) is 76.2 Å². The maximum Gasteiger partial charge on any atom is 0.407 e. The second kappa shape index (κ2) is 16.5. The number of hydrogen-bond donors (Lipinski definition) is 3.